The number of hydrogen-bond acceptors (Lipinski definition) is 7. The fraction of sp³-hybridized carbons (Fsp3) is 0.256. The molecule has 1 fully saturated rings. The molecule has 0 amide bonds. The van der Waals surface area contributed by atoms with Gasteiger partial charge >= 0.3 is 0 Å². The molecule has 5 aromatic rings. The van der Waals surface area contributed by atoms with Crippen molar-refractivity contribution >= 4 is 36.0 Å². The number of carbonyl (C=O) groups is 1. The molecule has 1 saturated heterocycles. The van der Waals surface area contributed by atoms with E-state index in [1.54, 1.807) is 37.4 Å². The zero-order valence-electron chi connectivity index (χ0n) is 30.2. The summed E-state index contributed by atoms with van der Waals surface area (Å²) in [5.41, 5.74) is 7.56. The Morgan fingerprint density at radius 1 is 0.811 bits per heavy atom. The molecule has 4 aromatic carbocycles. The quantitative estimate of drug-likeness (QED) is 0.0827. The largest absolute Gasteiger partial charge is 0.493 e. The molecule has 0 bridgehead atoms. The Bertz CT molecular complexity index is 1970. The number of aromatic nitrogens is 1. The first-order valence-electron chi connectivity index (χ1n) is 17.5. The van der Waals surface area contributed by atoms with Crippen LogP contribution in [0.3, 0.4) is 0 Å². The van der Waals surface area contributed by atoms with Gasteiger partial charge in [0.2, 0.25) is 5.88 Å². The van der Waals surface area contributed by atoms with Crippen molar-refractivity contribution in [3.8, 4) is 23.1 Å². The van der Waals surface area contributed by atoms with Crippen molar-refractivity contribution in [2.45, 2.75) is 40.3 Å². The molecule has 6 rings (SSSR count). The van der Waals surface area contributed by atoms with E-state index >= 15 is 0 Å². The average molecular weight is 757 g/mol. The summed E-state index contributed by atoms with van der Waals surface area (Å²) in [6.07, 6.45) is 4.84. The Morgan fingerprint density at radius 3 is 2.17 bits per heavy atom. The average Bonchev–Trinajstić information content (AvgIpc) is 3.15. The first-order valence-corrected chi connectivity index (χ1v) is 17.8. The second-order valence-electron chi connectivity index (χ2n) is 13.1. The third-order valence-electron chi connectivity index (χ3n) is 9.13. The number of piperazine rings is 1. The highest BCUT2D eigenvalue weighted by atomic mass is 35.5. The number of allylic oxidation sites excluding steroid dienone is 1. The van der Waals surface area contributed by atoms with Gasteiger partial charge in [-0.3, -0.25) is 9.69 Å². The maximum absolute atomic E-state index is 13.9. The number of rotatable bonds is 14. The van der Waals surface area contributed by atoms with Gasteiger partial charge in [-0.05, 0) is 90.6 Å². The van der Waals surface area contributed by atoms with Gasteiger partial charge in [-0.25, -0.2) is 9.37 Å². The highest BCUT2D eigenvalue weighted by Crippen LogP contribution is 2.36. The summed E-state index contributed by atoms with van der Waals surface area (Å²) >= 11 is 6.77. The van der Waals surface area contributed by atoms with Crippen molar-refractivity contribution in [1.29, 1.82) is 0 Å². The van der Waals surface area contributed by atoms with Gasteiger partial charge < -0.3 is 19.1 Å². The van der Waals surface area contributed by atoms with E-state index < -0.39 is 0 Å². The number of carbonyl (C=O) groups excluding carboxylic acids is 1. The van der Waals surface area contributed by atoms with Crippen molar-refractivity contribution < 1.29 is 23.4 Å². The van der Waals surface area contributed by atoms with E-state index in [4.69, 9.17) is 25.8 Å². The Morgan fingerprint density at radius 2 is 1.51 bits per heavy atom. The number of aryl methyl sites for hydroxylation is 3. The van der Waals surface area contributed by atoms with E-state index in [2.05, 4.69) is 58.1 Å². The van der Waals surface area contributed by atoms with E-state index in [1.807, 2.05) is 37.3 Å². The summed E-state index contributed by atoms with van der Waals surface area (Å²) in [4.78, 5) is 20.8. The van der Waals surface area contributed by atoms with Crippen LogP contribution >= 0.6 is 24.0 Å². The molecule has 53 heavy (non-hydrogen) atoms. The van der Waals surface area contributed by atoms with E-state index in [9.17, 15) is 9.18 Å². The highest BCUT2D eigenvalue weighted by molar-refractivity contribution is 6.32. The molecule has 0 radical (unpaired) electrons. The number of pyridine rings is 1. The third-order valence-corrected chi connectivity index (χ3v) is 9.41. The van der Waals surface area contributed by atoms with Gasteiger partial charge in [-0.15, -0.1) is 12.4 Å². The first-order chi connectivity index (χ1) is 25.2. The second kappa shape index (κ2) is 18.7. The van der Waals surface area contributed by atoms with Crippen LogP contribution in [-0.4, -0.2) is 53.9 Å². The normalized spacial score (nSPS) is 13.3. The summed E-state index contributed by atoms with van der Waals surface area (Å²) in [6, 6.07) is 29.2. The molecule has 0 unspecified atom stereocenters. The van der Waals surface area contributed by atoms with Gasteiger partial charge in [0, 0.05) is 57.0 Å². The molecular formula is C43H44Cl2FN3O4. The van der Waals surface area contributed by atoms with Crippen molar-refractivity contribution in [2.24, 2.45) is 0 Å². The topological polar surface area (TPSA) is 64.1 Å². The van der Waals surface area contributed by atoms with Gasteiger partial charge in [0.1, 0.15) is 30.2 Å². The molecule has 1 aromatic heterocycles. The lowest BCUT2D eigenvalue weighted by Crippen LogP contribution is -2.45. The van der Waals surface area contributed by atoms with Gasteiger partial charge in [-0.2, -0.15) is 0 Å². The molecule has 0 N–H and O–H groups in total. The molecule has 1 aliphatic heterocycles. The van der Waals surface area contributed by atoms with Crippen molar-refractivity contribution in [1.82, 2.24) is 14.8 Å². The first kappa shape index (κ1) is 39.3. The zero-order valence-corrected chi connectivity index (χ0v) is 31.8. The maximum Gasteiger partial charge on any atom is 0.219 e. The van der Waals surface area contributed by atoms with Crippen LogP contribution < -0.4 is 14.2 Å². The monoisotopic (exact) mass is 755 g/mol. The number of hydrogen-bond donors (Lipinski definition) is 0. The number of benzene rings is 4. The fourth-order valence-electron chi connectivity index (χ4n) is 6.10. The van der Waals surface area contributed by atoms with Crippen LogP contribution in [0.4, 0.5) is 4.39 Å². The molecule has 7 nitrogen and oxygen atoms in total. The molecule has 276 valence electrons. The highest BCUT2D eigenvalue weighted by Gasteiger charge is 2.22. The van der Waals surface area contributed by atoms with Crippen molar-refractivity contribution in [2.75, 3.05) is 32.8 Å². The number of nitrogens with zero attached hydrogens (tertiary/aromatic N) is 3. The van der Waals surface area contributed by atoms with Crippen LogP contribution in [0.15, 0.2) is 103 Å². The number of aldehydes is 1. The Balaban J connectivity index is 0.00000541. The number of halogens is 3. The molecule has 0 aliphatic carbocycles. The third kappa shape index (κ3) is 10.8. The molecule has 2 heterocycles. The summed E-state index contributed by atoms with van der Waals surface area (Å²) in [6.45, 7) is 10.7. The van der Waals surface area contributed by atoms with Gasteiger partial charge in [0.05, 0.1) is 17.8 Å². The molecule has 0 atom stereocenters. The Labute approximate surface area is 322 Å². The van der Waals surface area contributed by atoms with E-state index in [0.29, 0.717) is 34.6 Å². The van der Waals surface area contributed by atoms with Crippen LogP contribution in [0.1, 0.15) is 38.9 Å². The number of ether oxygens (including phenoxy) is 3. The minimum atomic E-state index is -0.261. The molecule has 0 saturated carbocycles. The molecule has 1 aliphatic rings. The van der Waals surface area contributed by atoms with Crippen LogP contribution in [0, 0.1) is 26.6 Å². The lowest BCUT2D eigenvalue weighted by molar-refractivity contribution is -0.104. The fourth-order valence-corrected chi connectivity index (χ4v) is 6.41. The van der Waals surface area contributed by atoms with Gasteiger partial charge in [0.15, 0.2) is 5.75 Å². The maximum atomic E-state index is 13.9. The Kier molecular flexibility index (Phi) is 13.9. The molecule has 10 heteroatoms. The lowest BCUT2D eigenvalue weighted by atomic mass is 10.1. The van der Waals surface area contributed by atoms with Crippen LogP contribution in [0.25, 0.3) is 5.70 Å². The summed E-state index contributed by atoms with van der Waals surface area (Å²) in [5, 5.41) is 0.416. The second-order valence-corrected chi connectivity index (χ2v) is 13.5. The van der Waals surface area contributed by atoms with Crippen molar-refractivity contribution in [3.63, 3.8) is 0 Å². The van der Waals surface area contributed by atoms with Crippen LogP contribution in [0.5, 0.6) is 23.1 Å². The van der Waals surface area contributed by atoms with E-state index in [0.717, 1.165) is 73.6 Å². The Hall–Kier alpha value is -4.89. The summed E-state index contributed by atoms with van der Waals surface area (Å²) < 4.78 is 31.6. The van der Waals surface area contributed by atoms with E-state index in [1.165, 1.54) is 22.8 Å². The SMILES string of the molecule is Cc1ccc(OCCc2ccc(CN3CCN(/C(=C/C=O)c4cc(C)c(Oc5ccc(OCc6ccc(C)c(F)c6)cn5)c(Cl)c4)CC3)cc2)cc1.Cl. The zero-order chi connectivity index (χ0) is 36.5. The summed E-state index contributed by atoms with van der Waals surface area (Å²) in [5.74, 6) is 2.01. The predicted octanol–water partition coefficient (Wildman–Crippen LogP) is 9.57. The van der Waals surface area contributed by atoms with Gasteiger partial charge in [-0.1, -0.05) is 65.7 Å². The van der Waals surface area contributed by atoms with Crippen LogP contribution in [-0.2, 0) is 24.4 Å². The standard InChI is InChI=1S/C43H43ClFN3O4.ClH/c1-30-4-12-37(13-5-30)50-23-17-33-8-10-34(11-9-33)28-47-18-20-48(21-19-47)41(16-22-49)36-24-32(3)43(39(44)26-36)52-42-15-14-38(27-46-42)51-29-35-7-6-31(2)40(45)25-35;/h4-16,22,24-27H,17-21,23,28-29H2,1-3H3;1H/b41-16+;. The van der Waals surface area contributed by atoms with Crippen LogP contribution in [0.2, 0.25) is 5.02 Å². The summed E-state index contributed by atoms with van der Waals surface area (Å²) in [7, 11) is 0. The van der Waals surface area contributed by atoms with E-state index in [-0.39, 0.29) is 24.8 Å². The van der Waals surface area contributed by atoms with Gasteiger partial charge in [0.25, 0.3) is 0 Å². The smallest absolute Gasteiger partial charge is 0.219 e. The minimum Gasteiger partial charge on any atom is -0.493 e. The molecular weight excluding hydrogens is 712 g/mol. The lowest BCUT2D eigenvalue weighted by Gasteiger charge is -2.37. The van der Waals surface area contributed by atoms with Crippen molar-refractivity contribution in [3.05, 3.63) is 153 Å². The minimum absolute atomic E-state index is 0. The predicted molar refractivity (Wildman–Crippen MR) is 211 cm³/mol. The molecule has 0 spiro atoms.